The number of halogens is 6. The van der Waals surface area contributed by atoms with Gasteiger partial charge >= 0.3 is 6.18 Å². The second-order valence-electron chi connectivity index (χ2n) is 4.99. The topological polar surface area (TPSA) is 64.1 Å². The normalized spacial score (nSPS) is 11.6. The lowest BCUT2D eigenvalue weighted by Gasteiger charge is -2.09. The van der Waals surface area contributed by atoms with Crippen molar-refractivity contribution >= 4 is 40.7 Å². The number of nitrogens with zero attached hydrogens (tertiary/aromatic N) is 2. The zero-order chi connectivity index (χ0) is 20.0. The maximum atomic E-state index is 12.7. The quantitative estimate of drug-likeness (QED) is 0.517. The molecule has 2 heterocycles. The molecule has 0 unspecified atom stereocenters. The summed E-state index contributed by atoms with van der Waals surface area (Å²) in [5.74, 6) is -0.719. The summed E-state index contributed by atoms with van der Waals surface area (Å²) in [5, 5.41) is 2.56. The molecular formula is C16H11Cl3F3N3O2. The summed E-state index contributed by atoms with van der Waals surface area (Å²) < 4.78 is 43.2. The van der Waals surface area contributed by atoms with E-state index in [4.69, 9.17) is 39.5 Å². The third kappa shape index (κ3) is 6.57. The Hall–Kier alpha value is -2.03. The lowest BCUT2D eigenvalue weighted by Crippen LogP contribution is -2.23. The molecule has 0 aliphatic carbocycles. The minimum absolute atomic E-state index is 0.0657. The summed E-state index contributed by atoms with van der Waals surface area (Å²) in [5.41, 5.74) is -0.796. The molecule has 0 bridgehead atoms. The number of pyridine rings is 2. The van der Waals surface area contributed by atoms with Gasteiger partial charge in [0.05, 0.1) is 16.1 Å². The van der Waals surface area contributed by atoms with E-state index >= 15 is 0 Å². The summed E-state index contributed by atoms with van der Waals surface area (Å²) in [6.07, 6.45) is -0.263. The zero-order valence-electron chi connectivity index (χ0n) is 13.4. The largest absolute Gasteiger partial charge is 0.473 e. The first-order valence-electron chi connectivity index (χ1n) is 7.28. The van der Waals surface area contributed by atoms with Crippen molar-refractivity contribution in [2.75, 3.05) is 13.2 Å². The fraction of sp³-hybridized carbons (Fsp3) is 0.188. The fourth-order valence-electron chi connectivity index (χ4n) is 1.82. The Balaban J connectivity index is 1.83. The van der Waals surface area contributed by atoms with Crippen LogP contribution in [0.1, 0.15) is 15.9 Å². The number of rotatable bonds is 6. The first-order chi connectivity index (χ1) is 12.7. The van der Waals surface area contributed by atoms with Crippen LogP contribution < -0.4 is 10.1 Å². The number of hydrogen-bond acceptors (Lipinski definition) is 4. The smallest absolute Gasteiger partial charge is 0.416 e. The molecule has 0 aliphatic rings. The van der Waals surface area contributed by atoms with E-state index in [1.807, 2.05) is 0 Å². The summed E-state index contributed by atoms with van der Waals surface area (Å²) in [7, 11) is 0. The standard InChI is InChI=1S/C16H11Cl3F3N3O2/c17-11-7-12(18)24-8-10(11)15(26)23-3-1-2-4-27-14-6-9(16(20,21)22)5-13(19)25-14/h1-2,5-8H,3-4H2,(H,23,26)/b2-1+. The van der Waals surface area contributed by atoms with Gasteiger partial charge in [0.15, 0.2) is 0 Å². The third-order valence-corrected chi connectivity index (χ3v) is 3.75. The Morgan fingerprint density at radius 1 is 1.15 bits per heavy atom. The highest BCUT2D eigenvalue weighted by Gasteiger charge is 2.31. The molecule has 5 nitrogen and oxygen atoms in total. The van der Waals surface area contributed by atoms with E-state index in [0.717, 1.165) is 6.07 Å². The van der Waals surface area contributed by atoms with E-state index in [9.17, 15) is 18.0 Å². The molecule has 144 valence electrons. The molecule has 1 N–H and O–H groups in total. The Labute approximate surface area is 167 Å². The number of aromatic nitrogens is 2. The van der Waals surface area contributed by atoms with Gasteiger partial charge in [0, 0.05) is 18.8 Å². The highest BCUT2D eigenvalue weighted by molar-refractivity contribution is 6.36. The van der Waals surface area contributed by atoms with Gasteiger partial charge in [-0.15, -0.1) is 0 Å². The third-order valence-electron chi connectivity index (χ3n) is 3.04. The van der Waals surface area contributed by atoms with Gasteiger partial charge in [0.25, 0.3) is 5.91 Å². The highest BCUT2D eigenvalue weighted by Crippen LogP contribution is 2.32. The molecule has 0 saturated carbocycles. The van der Waals surface area contributed by atoms with Crippen LogP contribution in [0.3, 0.4) is 0 Å². The molecule has 0 aliphatic heterocycles. The maximum Gasteiger partial charge on any atom is 0.416 e. The average molecular weight is 441 g/mol. The van der Waals surface area contributed by atoms with Crippen LogP contribution in [0.2, 0.25) is 15.3 Å². The van der Waals surface area contributed by atoms with E-state index in [1.54, 1.807) is 6.08 Å². The average Bonchev–Trinajstić information content (AvgIpc) is 2.56. The molecule has 11 heteroatoms. The number of amides is 1. The number of carbonyl (C=O) groups is 1. The maximum absolute atomic E-state index is 12.7. The first kappa shape index (κ1) is 21.3. The van der Waals surface area contributed by atoms with E-state index in [-0.39, 0.29) is 39.9 Å². The lowest BCUT2D eigenvalue weighted by molar-refractivity contribution is -0.137. The van der Waals surface area contributed by atoms with Gasteiger partial charge in [0.2, 0.25) is 5.88 Å². The summed E-state index contributed by atoms with van der Waals surface area (Å²) in [6, 6.07) is 2.79. The molecule has 2 rings (SSSR count). The zero-order valence-corrected chi connectivity index (χ0v) is 15.6. The van der Waals surface area contributed by atoms with Crippen LogP contribution in [-0.2, 0) is 6.18 Å². The molecule has 1 amide bonds. The van der Waals surface area contributed by atoms with Gasteiger partial charge in [-0.2, -0.15) is 13.2 Å². The van der Waals surface area contributed by atoms with Crippen molar-refractivity contribution in [3.63, 3.8) is 0 Å². The van der Waals surface area contributed by atoms with Gasteiger partial charge in [0.1, 0.15) is 16.9 Å². The van der Waals surface area contributed by atoms with Crippen LogP contribution in [-0.4, -0.2) is 29.0 Å². The number of ether oxygens (including phenoxy) is 1. The second kappa shape index (κ2) is 9.25. The van der Waals surface area contributed by atoms with E-state index in [1.165, 1.54) is 18.3 Å². The lowest BCUT2D eigenvalue weighted by atomic mass is 10.2. The molecule has 0 radical (unpaired) electrons. The molecule has 0 spiro atoms. The van der Waals surface area contributed by atoms with Gasteiger partial charge in [-0.3, -0.25) is 4.79 Å². The number of alkyl halides is 3. The molecule has 0 fully saturated rings. The summed E-state index contributed by atoms with van der Waals surface area (Å²) >= 11 is 17.1. The number of hydrogen-bond donors (Lipinski definition) is 1. The minimum atomic E-state index is -4.55. The molecule has 2 aromatic rings. The number of carbonyl (C=O) groups excluding carboxylic acids is 1. The predicted molar refractivity (Wildman–Crippen MR) is 95.5 cm³/mol. The van der Waals surface area contributed by atoms with E-state index < -0.39 is 17.6 Å². The van der Waals surface area contributed by atoms with Gasteiger partial charge in [-0.25, -0.2) is 9.97 Å². The van der Waals surface area contributed by atoms with Crippen LogP contribution in [0.5, 0.6) is 5.88 Å². The van der Waals surface area contributed by atoms with Crippen LogP contribution in [0.15, 0.2) is 36.5 Å². The SMILES string of the molecule is O=C(NC/C=C/COc1cc(C(F)(F)F)cc(Cl)n1)c1cnc(Cl)cc1Cl. The van der Waals surface area contributed by atoms with Crippen molar-refractivity contribution in [2.24, 2.45) is 0 Å². The Bertz CT molecular complexity index is 861. The summed E-state index contributed by atoms with van der Waals surface area (Å²) in [4.78, 5) is 19.3. The van der Waals surface area contributed by atoms with Gasteiger partial charge in [-0.05, 0) is 18.2 Å². The number of nitrogens with one attached hydrogen (secondary N) is 1. The van der Waals surface area contributed by atoms with Crippen LogP contribution >= 0.6 is 34.8 Å². The molecule has 27 heavy (non-hydrogen) atoms. The van der Waals surface area contributed by atoms with Gasteiger partial charge in [-0.1, -0.05) is 40.9 Å². The Kier molecular flexibility index (Phi) is 7.29. The Morgan fingerprint density at radius 3 is 2.56 bits per heavy atom. The van der Waals surface area contributed by atoms with Crippen molar-refractivity contribution in [3.05, 3.63) is 63.0 Å². The van der Waals surface area contributed by atoms with E-state index in [2.05, 4.69) is 15.3 Å². The highest BCUT2D eigenvalue weighted by atomic mass is 35.5. The molecular weight excluding hydrogens is 430 g/mol. The van der Waals surface area contributed by atoms with Crippen molar-refractivity contribution in [1.82, 2.24) is 15.3 Å². The Morgan fingerprint density at radius 2 is 1.89 bits per heavy atom. The monoisotopic (exact) mass is 439 g/mol. The molecule has 0 saturated heterocycles. The summed E-state index contributed by atoms with van der Waals surface area (Å²) in [6.45, 7) is 0.0711. The fourth-order valence-corrected chi connectivity index (χ4v) is 2.47. The molecule has 0 atom stereocenters. The molecule has 2 aromatic heterocycles. The predicted octanol–water partition coefficient (Wildman–Crippen LogP) is 4.82. The van der Waals surface area contributed by atoms with E-state index in [0.29, 0.717) is 6.07 Å². The van der Waals surface area contributed by atoms with Crippen molar-refractivity contribution < 1.29 is 22.7 Å². The first-order valence-corrected chi connectivity index (χ1v) is 8.42. The van der Waals surface area contributed by atoms with Gasteiger partial charge < -0.3 is 10.1 Å². The van der Waals surface area contributed by atoms with Crippen LogP contribution in [0, 0.1) is 0 Å². The second-order valence-corrected chi connectivity index (χ2v) is 6.18. The molecule has 0 aromatic carbocycles. The minimum Gasteiger partial charge on any atom is -0.473 e. The van der Waals surface area contributed by atoms with Crippen LogP contribution in [0.4, 0.5) is 13.2 Å². The van der Waals surface area contributed by atoms with Crippen LogP contribution in [0.25, 0.3) is 0 Å². The van der Waals surface area contributed by atoms with Crippen molar-refractivity contribution in [3.8, 4) is 5.88 Å². The van der Waals surface area contributed by atoms with Crippen molar-refractivity contribution in [2.45, 2.75) is 6.18 Å². The van der Waals surface area contributed by atoms with Crippen molar-refractivity contribution in [1.29, 1.82) is 0 Å².